The first kappa shape index (κ1) is 35.7. The summed E-state index contributed by atoms with van der Waals surface area (Å²) in [5, 5.41) is 3.02. The van der Waals surface area contributed by atoms with E-state index in [0.29, 0.717) is 24.6 Å². The van der Waals surface area contributed by atoms with E-state index in [1.165, 1.54) is 17.0 Å². The normalized spacial score (nSPS) is 11.8. The molecule has 47 heavy (non-hydrogen) atoms. The van der Waals surface area contributed by atoms with Gasteiger partial charge in [0.2, 0.25) is 11.8 Å². The molecule has 4 aromatic carbocycles. The predicted molar refractivity (Wildman–Crippen MR) is 190 cm³/mol. The number of unbranched alkanes of at least 4 members (excludes halogenated alkanes) is 1. The lowest BCUT2D eigenvalue weighted by atomic mass is 10.0. The van der Waals surface area contributed by atoms with E-state index in [0.717, 1.165) is 38.3 Å². The molecule has 0 aliphatic carbocycles. The van der Waals surface area contributed by atoms with Crippen molar-refractivity contribution in [1.29, 1.82) is 0 Å². The van der Waals surface area contributed by atoms with E-state index in [-0.39, 0.29) is 23.8 Å². The van der Waals surface area contributed by atoms with Gasteiger partial charge in [0, 0.05) is 24.0 Å². The van der Waals surface area contributed by atoms with Crippen LogP contribution in [0.5, 0.6) is 5.75 Å². The standard InChI is InChI=1S/C37H42BrN3O5S/c1-4-6-23-39-37(43)35(25-29-12-8-7-9-13-29)40(26-30-14-10-11-28(3)24-30)36(42)27-41(32-17-19-33(20-18-32)46-5-2)47(44,45)34-21-15-31(38)16-22-34/h7-22,24,35H,4-6,23,25-27H2,1-3H3,(H,39,43)/t35-/m1/s1. The Morgan fingerprint density at radius 2 is 1.55 bits per heavy atom. The molecule has 1 atom stereocenters. The molecule has 4 aromatic rings. The lowest BCUT2D eigenvalue weighted by Crippen LogP contribution is -2.53. The minimum Gasteiger partial charge on any atom is -0.494 e. The van der Waals surface area contributed by atoms with Crippen molar-refractivity contribution in [3.63, 3.8) is 0 Å². The molecule has 0 heterocycles. The number of anilines is 1. The zero-order valence-corrected chi connectivity index (χ0v) is 29.5. The molecular formula is C37H42BrN3O5S. The van der Waals surface area contributed by atoms with Gasteiger partial charge in [-0.3, -0.25) is 13.9 Å². The molecule has 10 heteroatoms. The summed E-state index contributed by atoms with van der Waals surface area (Å²) >= 11 is 3.37. The van der Waals surface area contributed by atoms with E-state index in [2.05, 4.69) is 21.2 Å². The second kappa shape index (κ2) is 17.1. The van der Waals surface area contributed by atoms with E-state index in [1.807, 2.05) is 75.4 Å². The van der Waals surface area contributed by atoms with E-state index in [9.17, 15) is 18.0 Å². The van der Waals surface area contributed by atoms with Crippen LogP contribution in [-0.4, -0.2) is 50.9 Å². The molecule has 4 rings (SSSR count). The molecule has 1 N–H and O–H groups in total. The van der Waals surface area contributed by atoms with Gasteiger partial charge in [-0.1, -0.05) is 89.4 Å². The molecule has 0 fully saturated rings. The van der Waals surface area contributed by atoms with E-state index >= 15 is 0 Å². The van der Waals surface area contributed by atoms with Crippen molar-refractivity contribution < 1.29 is 22.7 Å². The number of halogens is 1. The SMILES string of the molecule is CCCCNC(=O)[C@@H](Cc1ccccc1)N(Cc1cccc(C)c1)C(=O)CN(c1ccc(OCC)cc1)S(=O)(=O)c1ccc(Br)cc1. The summed E-state index contributed by atoms with van der Waals surface area (Å²) in [4.78, 5) is 30.0. The van der Waals surface area contributed by atoms with Crippen LogP contribution in [0.3, 0.4) is 0 Å². The molecule has 0 aliphatic heterocycles. The molecule has 248 valence electrons. The van der Waals surface area contributed by atoms with Crippen molar-refractivity contribution in [2.24, 2.45) is 0 Å². The van der Waals surface area contributed by atoms with Crippen molar-refractivity contribution in [3.05, 3.63) is 124 Å². The fraction of sp³-hybridized carbons (Fsp3) is 0.297. The number of benzene rings is 4. The van der Waals surface area contributed by atoms with Crippen molar-refractivity contribution in [1.82, 2.24) is 10.2 Å². The maximum Gasteiger partial charge on any atom is 0.264 e. The molecule has 0 saturated heterocycles. The number of nitrogens with zero attached hydrogens (tertiary/aromatic N) is 2. The number of ether oxygens (including phenoxy) is 1. The van der Waals surface area contributed by atoms with E-state index < -0.39 is 28.5 Å². The molecule has 0 unspecified atom stereocenters. The first-order chi connectivity index (χ1) is 22.6. The molecule has 0 spiro atoms. The highest BCUT2D eigenvalue weighted by Crippen LogP contribution is 2.28. The predicted octanol–water partition coefficient (Wildman–Crippen LogP) is 6.91. The van der Waals surface area contributed by atoms with Crippen LogP contribution in [0.2, 0.25) is 0 Å². The monoisotopic (exact) mass is 719 g/mol. The summed E-state index contributed by atoms with van der Waals surface area (Å²) < 4.78 is 35.8. The number of sulfonamides is 1. The van der Waals surface area contributed by atoms with Gasteiger partial charge in [-0.2, -0.15) is 0 Å². The summed E-state index contributed by atoms with van der Waals surface area (Å²) in [5.74, 6) is -0.212. The Kier molecular flexibility index (Phi) is 13.0. The average molecular weight is 721 g/mol. The number of hydrogen-bond donors (Lipinski definition) is 1. The zero-order chi connectivity index (χ0) is 33.8. The van der Waals surface area contributed by atoms with Crippen molar-refractivity contribution in [2.75, 3.05) is 24.0 Å². The highest BCUT2D eigenvalue weighted by Gasteiger charge is 2.34. The number of amides is 2. The van der Waals surface area contributed by atoms with Gasteiger partial charge >= 0.3 is 0 Å². The van der Waals surface area contributed by atoms with Gasteiger partial charge in [-0.15, -0.1) is 0 Å². The van der Waals surface area contributed by atoms with Crippen molar-refractivity contribution in [3.8, 4) is 5.75 Å². The number of rotatable bonds is 16. The third-order valence-electron chi connectivity index (χ3n) is 7.65. The lowest BCUT2D eigenvalue weighted by molar-refractivity contribution is -0.140. The molecule has 0 saturated carbocycles. The van der Waals surface area contributed by atoms with Crippen LogP contribution in [0.1, 0.15) is 43.4 Å². The number of carbonyl (C=O) groups excluding carboxylic acids is 2. The second-order valence-electron chi connectivity index (χ2n) is 11.3. The van der Waals surface area contributed by atoms with Gasteiger partial charge in [0.25, 0.3) is 10.0 Å². The van der Waals surface area contributed by atoms with E-state index in [1.54, 1.807) is 36.4 Å². The summed E-state index contributed by atoms with van der Waals surface area (Å²) in [6.45, 7) is 6.40. The Morgan fingerprint density at radius 3 is 2.19 bits per heavy atom. The third kappa shape index (κ3) is 9.92. The number of hydrogen-bond acceptors (Lipinski definition) is 5. The van der Waals surface area contributed by atoms with Crippen LogP contribution in [0.15, 0.2) is 112 Å². The van der Waals surface area contributed by atoms with Crippen LogP contribution in [-0.2, 0) is 32.6 Å². The molecule has 0 aliphatic rings. The minimum atomic E-state index is -4.20. The maximum absolute atomic E-state index is 14.6. The number of aryl methyl sites for hydroxylation is 1. The smallest absolute Gasteiger partial charge is 0.264 e. The summed E-state index contributed by atoms with van der Waals surface area (Å²) in [5.41, 5.74) is 3.03. The molecule has 0 radical (unpaired) electrons. The zero-order valence-electron chi connectivity index (χ0n) is 27.1. The third-order valence-corrected chi connectivity index (χ3v) is 9.97. The fourth-order valence-corrected chi connectivity index (χ4v) is 6.88. The highest BCUT2D eigenvalue weighted by atomic mass is 79.9. The molecule has 0 bridgehead atoms. The average Bonchev–Trinajstić information content (AvgIpc) is 3.06. The Morgan fingerprint density at radius 1 is 0.872 bits per heavy atom. The molecule has 2 amide bonds. The number of carbonyl (C=O) groups is 2. The van der Waals surface area contributed by atoms with Gasteiger partial charge < -0.3 is 15.0 Å². The lowest BCUT2D eigenvalue weighted by Gasteiger charge is -2.34. The first-order valence-corrected chi connectivity index (χ1v) is 18.0. The van der Waals surface area contributed by atoms with Crippen LogP contribution in [0, 0.1) is 6.92 Å². The van der Waals surface area contributed by atoms with Crippen LogP contribution < -0.4 is 14.4 Å². The van der Waals surface area contributed by atoms with Crippen LogP contribution in [0.4, 0.5) is 5.69 Å². The first-order valence-electron chi connectivity index (χ1n) is 15.8. The molecule has 8 nitrogen and oxygen atoms in total. The minimum absolute atomic E-state index is 0.0331. The Balaban J connectivity index is 1.79. The Bertz CT molecular complexity index is 1720. The summed E-state index contributed by atoms with van der Waals surface area (Å²) in [7, 11) is -4.20. The van der Waals surface area contributed by atoms with Crippen molar-refractivity contribution >= 4 is 43.5 Å². The van der Waals surface area contributed by atoms with Crippen molar-refractivity contribution in [2.45, 2.75) is 57.5 Å². The topological polar surface area (TPSA) is 96.0 Å². The highest BCUT2D eigenvalue weighted by molar-refractivity contribution is 9.10. The quantitative estimate of drug-likeness (QED) is 0.127. The van der Waals surface area contributed by atoms with Gasteiger partial charge in [0.05, 0.1) is 17.2 Å². The Labute approximate surface area is 286 Å². The van der Waals surface area contributed by atoms with Crippen LogP contribution >= 0.6 is 15.9 Å². The summed E-state index contributed by atoms with van der Waals surface area (Å²) in [6, 6.07) is 29.3. The van der Waals surface area contributed by atoms with Gasteiger partial charge in [0.15, 0.2) is 0 Å². The number of nitrogens with one attached hydrogen (secondary N) is 1. The Hall–Kier alpha value is -4.15. The van der Waals surface area contributed by atoms with Gasteiger partial charge in [-0.25, -0.2) is 8.42 Å². The largest absolute Gasteiger partial charge is 0.494 e. The van der Waals surface area contributed by atoms with Gasteiger partial charge in [0.1, 0.15) is 18.3 Å². The fourth-order valence-electron chi connectivity index (χ4n) is 5.21. The maximum atomic E-state index is 14.6. The van der Waals surface area contributed by atoms with E-state index in [4.69, 9.17) is 4.74 Å². The van der Waals surface area contributed by atoms with Crippen LogP contribution in [0.25, 0.3) is 0 Å². The molecular weight excluding hydrogens is 678 g/mol. The summed E-state index contributed by atoms with van der Waals surface area (Å²) in [6.07, 6.45) is 1.96. The molecule has 0 aromatic heterocycles. The van der Waals surface area contributed by atoms with Gasteiger partial charge in [-0.05, 0) is 79.9 Å². The second-order valence-corrected chi connectivity index (χ2v) is 14.0.